The molecule has 4 heteroatoms. The quantitative estimate of drug-likeness (QED) is 0.617. The van der Waals surface area contributed by atoms with Crippen molar-refractivity contribution in [3.8, 4) is 5.75 Å². The van der Waals surface area contributed by atoms with Crippen LogP contribution in [0.1, 0.15) is 44.7 Å². The first-order chi connectivity index (χ1) is 14.1. The van der Waals surface area contributed by atoms with Crippen molar-refractivity contribution in [2.75, 3.05) is 11.9 Å². The predicted octanol–water partition coefficient (Wildman–Crippen LogP) is 5.06. The number of rotatable bonds is 5. The van der Waals surface area contributed by atoms with Gasteiger partial charge in [0, 0.05) is 24.6 Å². The van der Waals surface area contributed by atoms with E-state index < -0.39 is 0 Å². The van der Waals surface area contributed by atoms with Crippen molar-refractivity contribution in [3.05, 3.63) is 95.1 Å². The zero-order valence-electron chi connectivity index (χ0n) is 16.4. The van der Waals surface area contributed by atoms with Crippen molar-refractivity contribution in [2.24, 2.45) is 0 Å². The number of carbonyl (C=O) groups is 2. The summed E-state index contributed by atoms with van der Waals surface area (Å²) in [5.74, 6) is 0.623. The molecule has 0 spiro atoms. The van der Waals surface area contributed by atoms with Crippen molar-refractivity contribution in [2.45, 2.75) is 25.9 Å². The van der Waals surface area contributed by atoms with Crippen LogP contribution in [0.25, 0.3) is 0 Å². The lowest BCUT2D eigenvalue weighted by Gasteiger charge is -2.27. The maximum absolute atomic E-state index is 13.1. The van der Waals surface area contributed by atoms with Crippen molar-refractivity contribution in [1.82, 2.24) is 0 Å². The number of hydrogen-bond donors (Lipinski definition) is 0. The Balaban J connectivity index is 1.73. The van der Waals surface area contributed by atoms with E-state index in [-0.39, 0.29) is 11.7 Å². The lowest BCUT2D eigenvalue weighted by atomic mass is 9.88. The lowest BCUT2D eigenvalue weighted by Crippen LogP contribution is -2.29. The molecule has 0 bridgehead atoms. The van der Waals surface area contributed by atoms with Crippen LogP contribution >= 0.6 is 0 Å². The van der Waals surface area contributed by atoms with E-state index in [0.29, 0.717) is 35.6 Å². The molecule has 0 aliphatic heterocycles. The Morgan fingerprint density at radius 1 is 0.931 bits per heavy atom. The number of amides is 1. The van der Waals surface area contributed by atoms with Crippen LogP contribution in [0.15, 0.2) is 72.8 Å². The highest BCUT2D eigenvalue weighted by Crippen LogP contribution is 2.38. The summed E-state index contributed by atoms with van der Waals surface area (Å²) >= 11 is 0. The second kappa shape index (κ2) is 8.31. The van der Waals surface area contributed by atoms with E-state index in [2.05, 4.69) is 0 Å². The summed E-state index contributed by atoms with van der Waals surface area (Å²) in [5.41, 5.74) is 3.94. The van der Waals surface area contributed by atoms with Gasteiger partial charge in [0.2, 0.25) is 0 Å². The van der Waals surface area contributed by atoms with Gasteiger partial charge < -0.3 is 9.64 Å². The van der Waals surface area contributed by atoms with Gasteiger partial charge in [0.1, 0.15) is 12.4 Å². The second-order valence-corrected chi connectivity index (χ2v) is 7.22. The standard InChI is InChI=1S/C25H23NO3/c1-26(25(28)19-11-6-3-7-12-19)24-21-13-8-14-22(27)20(21)15-16-23(24)29-17-18-9-4-2-5-10-18/h2-7,9-12,15-16H,8,13-14,17H2,1H3. The fourth-order valence-electron chi connectivity index (χ4n) is 3.78. The van der Waals surface area contributed by atoms with Gasteiger partial charge in [-0.3, -0.25) is 9.59 Å². The molecule has 29 heavy (non-hydrogen) atoms. The molecule has 4 rings (SSSR count). The number of nitrogens with zero attached hydrogens (tertiary/aromatic N) is 1. The predicted molar refractivity (Wildman–Crippen MR) is 114 cm³/mol. The molecular weight excluding hydrogens is 362 g/mol. The van der Waals surface area contributed by atoms with Crippen LogP contribution in [0.5, 0.6) is 5.75 Å². The minimum Gasteiger partial charge on any atom is -0.487 e. The molecule has 0 radical (unpaired) electrons. The average molecular weight is 385 g/mol. The largest absolute Gasteiger partial charge is 0.487 e. The molecule has 0 saturated carbocycles. The zero-order chi connectivity index (χ0) is 20.2. The van der Waals surface area contributed by atoms with Crippen molar-refractivity contribution in [1.29, 1.82) is 0 Å². The molecule has 0 heterocycles. The lowest BCUT2D eigenvalue weighted by molar-refractivity contribution is 0.0966. The van der Waals surface area contributed by atoms with Gasteiger partial charge in [-0.2, -0.15) is 0 Å². The van der Waals surface area contributed by atoms with E-state index >= 15 is 0 Å². The normalized spacial score (nSPS) is 12.9. The van der Waals surface area contributed by atoms with Crippen LogP contribution in [0.2, 0.25) is 0 Å². The van der Waals surface area contributed by atoms with Gasteiger partial charge >= 0.3 is 0 Å². The van der Waals surface area contributed by atoms with Gasteiger partial charge in [-0.1, -0.05) is 48.5 Å². The number of hydrogen-bond acceptors (Lipinski definition) is 3. The van der Waals surface area contributed by atoms with Gasteiger partial charge in [0.15, 0.2) is 5.78 Å². The van der Waals surface area contributed by atoms with Crippen molar-refractivity contribution < 1.29 is 14.3 Å². The first kappa shape index (κ1) is 18.9. The summed E-state index contributed by atoms with van der Waals surface area (Å²) in [5, 5.41) is 0. The van der Waals surface area contributed by atoms with E-state index in [9.17, 15) is 9.59 Å². The number of ether oxygens (including phenoxy) is 1. The number of fused-ring (bicyclic) bond motifs is 1. The van der Waals surface area contributed by atoms with Crippen LogP contribution in [-0.2, 0) is 13.0 Å². The summed E-state index contributed by atoms with van der Waals surface area (Å²) in [7, 11) is 1.75. The number of ketones is 1. The third-order valence-electron chi connectivity index (χ3n) is 5.27. The zero-order valence-corrected chi connectivity index (χ0v) is 16.4. The topological polar surface area (TPSA) is 46.6 Å². The van der Waals surface area contributed by atoms with Crippen LogP contribution in [0, 0.1) is 0 Å². The Morgan fingerprint density at radius 3 is 2.34 bits per heavy atom. The van der Waals surface area contributed by atoms with E-state index in [1.807, 2.05) is 60.7 Å². The Kier molecular flexibility index (Phi) is 5.43. The highest BCUT2D eigenvalue weighted by atomic mass is 16.5. The third kappa shape index (κ3) is 3.92. The fraction of sp³-hybridized carbons (Fsp3) is 0.200. The van der Waals surface area contributed by atoms with Crippen molar-refractivity contribution >= 4 is 17.4 Å². The molecule has 0 fully saturated rings. The van der Waals surface area contributed by atoms with Crippen molar-refractivity contribution in [3.63, 3.8) is 0 Å². The summed E-state index contributed by atoms with van der Waals surface area (Å²) in [6.07, 6.45) is 2.09. The highest BCUT2D eigenvalue weighted by Gasteiger charge is 2.27. The Morgan fingerprint density at radius 2 is 1.62 bits per heavy atom. The SMILES string of the molecule is CN(C(=O)c1ccccc1)c1c(OCc2ccccc2)ccc2c1CCCC2=O. The molecule has 146 valence electrons. The average Bonchev–Trinajstić information content (AvgIpc) is 2.78. The summed E-state index contributed by atoms with van der Waals surface area (Å²) in [4.78, 5) is 27.2. The second-order valence-electron chi connectivity index (χ2n) is 7.22. The maximum atomic E-state index is 13.1. The monoisotopic (exact) mass is 385 g/mol. The van der Waals surface area contributed by atoms with E-state index in [4.69, 9.17) is 4.74 Å². The minimum absolute atomic E-state index is 0.124. The summed E-state index contributed by atoms with van der Waals surface area (Å²) in [6, 6.07) is 22.7. The van der Waals surface area contributed by atoms with Crippen LogP contribution in [0.3, 0.4) is 0 Å². The van der Waals surface area contributed by atoms with Gasteiger partial charge in [-0.25, -0.2) is 0 Å². The molecule has 1 aliphatic rings. The van der Waals surface area contributed by atoms with Crippen LogP contribution in [0.4, 0.5) is 5.69 Å². The first-order valence-corrected chi connectivity index (χ1v) is 9.84. The number of benzene rings is 3. The summed E-state index contributed by atoms with van der Waals surface area (Å²) < 4.78 is 6.13. The first-order valence-electron chi connectivity index (χ1n) is 9.84. The molecule has 0 N–H and O–H groups in total. The molecule has 0 aromatic heterocycles. The van der Waals surface area contributed by atoms with Gasteiger partial charge in [0.25, 0.3) is 5.91 Å². The fourth-order valence-corrected chi connectivity index (χ4v) is 3.78. The maximum Gasteiger partial charge on any atom is 0.258 e. The van der Waals surface area contributed by atoms with Crippen LogP contribution < -0.4 is 9.64 Å². The van der Waals surface area contributed by atoms with Gasteiger partial charge in [-0.05, 0) is 48.2 Å². The number of carbonyl (C=O) groups excluding carboxylic acids is 2. The smallest absolute Gasteiger partial charge is 0.258 e. The van der Waals surface area contributed by atoms with E-state index in [1.165, 1.54) is 0 Å². The molecule has 3 aromatic rings. The molecule has 0 atom stereocenters. The van der Waals surface area contributed by atoms with Gasteiger partial charge in [-0.15, -0.1) is 0 Å². The molecular formula is C25H23NO3. The van der Waals surface area contributed by atoms with Crippen LogP contribution in [-0.4, -0.2) is 18.7 Å². The Labute approximate surface area is 170 Å². The molecule has 0 unspecified atom stereocenters. The Hall–Kier alpha value is -3.40. The third-order valence-corrected chi connectivity index (χ3v) is 5.27. The molecule has 3 aromatic carbocycles. The highest BCUT2D eigenvalue weighted by molar-refractivity contribution is 6.09. The molecule has 1 amide bonds. The molecule has 1 aliphatic carbocycles. The number of Topliss-reactive ketones (excluding diaryl/α,β-unsaturated/α-hetero) is 1. The van der Waals surface area contributed by atoms with E-state index in [1.54, 1.807) is 24.1 Å². The Bertz CT molecular complexity index is 1030. The summed E-state index contributed by atoms with van der Waals surface area (Å²) in [6.45, 7) is 0.397. The molecule has 0 saturated heterocycles. The molecule has 4 nitrogen and oxygen atoms in total. The minimum atomic E-state index is -0.124. The van der Waals surface area contributed by atoms with Gasteiger partial charge in [0.05, 0.1) is 5.69 Å². The number of anilines is 1. The van der Waals surface area contributed by atoms with E-state index in [0.717, 1.165) is 24.0 Å².